The lowest BCUT2D eigenvalue weighted by Crippen LogP contribution is -2.39. The molecule has 0 unspecified atom stereocenters. The van der Waals surface area contributed by atoms with Crippen LogP contribution in [-0.4, -0.2) is 29.6 Å². The van der Waals surface area contributed by atoms with E-state index in [9.17, 15) is 0 Å². The van der Waals surface area contributed by atoms with Crippen LogP contribution in [0.4, 0.5) is 0 Å². The van der Waals surface area contributed by atoms with Gasteiger partial charge in [-0.2, -0.15) is 0 Å². The Morgan fingerprint density at radius 3 is 1.50 bits per heavy atom. The van der Waals surface area contributed by atoms with Gasteiger partial charge in [0.2, 0.25) is 0 Å². The summed E-state index contributed by atoms with van der Waals surface area (Å²) in [5, 5.41) is 0. The van der Waals surface area contributed by atoms with Crippen molar-refractivity contribution < 1.29 is 0 Å². The third-order valence-corrected chi connectivity index (χ3v) is 4.35. The van der Waals surface area contributed by atoms with E-state index in [1.807, 2.05) is 0 Å². The van der Waals surface area contributed by atoms with Gasteiger partial charge in [0.1, 0.15) is 0 Å². The Labute approximate surface area is 134 Å². The molecule has 2 heteroatoms. The van der Waals surface area contributed by atoms with Crippen molar-refractivity contribution in [2.45, 2.75) is 32.4 Å². The summed E-state index contributed by atoms with van der Waals surface area (Å²) in [6.45, 7) is 5.61. The van der Waals surface area contributed by atoms with Gasteiger partial charge in [-0.3, -0.25) is 9.80 Å². The van der Waals surface area contributed by atoms with Crippen LogP contribution in [0, 0.1) is 0 Å². The van der Waals surface area contributed by atoms with E-state index in [1.165, 1.54) is 43.5 Å². The van der Waals surface area contributed by atoms with Gasteiger partial charge < -0.3 is 0 Å². The van der Waals surface area contributed by atoms with Crippen molar-refractivity contribution in [3.8, 4) is 0 Å². The van der Waals surface area contributed by atoms with Gasteiger partial charge in [-0.15, -0.1) is 0 Å². The molecule has 2 aromatic carbocycles. The minimum atomic E-state index is 1.06. The van der Waals surface area contributed by atoms with Crippen molar-refractivity contribution in [3.05, 3.63) is 71.8 Å². The molecule has 0 aromatic heterocycles. The van der Waals surface area contributed by atoms with Crippen LogP contribution in [0.25, 0.3) is 0 Å². The molecule has 0 N–H and O–H groups in total. The SMILES string of the molecule is c1ccc(CN2CCCCCN(Cc3ccccc3)C2)cc1. The van der Waals surface area contributed by atoms with Gasteiger partial charge >= 0.3 is 0 Å². The summed E-state index contributed by atoms with van der Waals surface area (Å²) < 4.78 is 0. The summed E-state index contributed by atoms with van der Waals surface area (Å²) in [5.74, 6) is 0. The predicted molar refractivity (Wildman–Crippen MR) is 92.4 cm³/mol. The second kappa shape index (κ2) is 8.11. The molecule has 116 valence electrons. The Kier molecular flexibility index (Phi) is 5.63. The fourth-order valence-electron chi connectivity index (χ4n) is 3.21. The third kappa shape index (κ3) is 4.69. The maximum absolute atomic E-state index is 2.59. The number of hydrogen-bond acceptors (Lipinski definition) is 2. The third-order valence-electron chi connectivity index (χ3n) is 4.35. The van der Waals surface area contributed by atoms with Gasteiger partial charge in [-0.05, 0) is 37.1 Å². The fourth-order valence-corrected chi connectivity index (χ4v) is 3.21. The molecule has 1 aliphatic rings. The van der Waals surface area contributed by atoms with E-state index in [4.69, 9.17) is 0 Å². The highest BCUT2D eigenvalue weighted by Crippen LogP contribution is 2.14. The summed E-state index contributed by atoms with van der Waals surface area (Å²) in [6, 6.07) is 21.7. The molecule has 1 fully saturated rings. The lowest BCUT2D eigenvalue weighted by Gasteiger charge is -2.33. The molecule has 0 saturated carbocycles. The maximum atomic E-state index is 2.59. The Morgan fingerprint density at radius 2 is 1.05 bits per heavy atom. The molecule has 1 aliphatic heterocycles. The number of nitrogens with zero attached hydrogens (tertiary/aromatic N) is 2. The molecular formula is C20H26N2. The second-order valence-corrected chi connectivity index (χ2v) is 6.28. The normalized spacial score (nSPS) is 17.8. The van der Waals surface area contributed by atoms with Crippen molar-refractivity contribution >= 4 is 0 Å². The van der Waals surface area contributed by atoms with Crippen LogP contribution in [0.15, 0.2) is 60.7 Å². The lowest BCUT2D eigenvalue weighted by atomic mass is 10.1. The van der Waals surface area contributed by atoms with Crippen LogP contribution in [0.5, 0.6) is 0 Å². The average molecular weight is 294 g/mol. The van der Waals surface area contributed by atoms with E-state index in [-0.39, 0.29) is 0 Å². The van der Waals surface area contributed by atoms with Gasteiger partial charge in [0.15, 0.2) is 0 Å². The minimum Gasteiger partial charge on any atom is -0.286 e. The molecule has 0 spiro atoms. The van der Waals surface area contributed by atoms with Gasteiger partial charge in [0, 0.05) is 13.1 Å². The minimum absolute atomic E-state index is 1.06. The largest absolute Gasteiger partial charge is 0.286 e. The van der Waals surface area contributed by atoms with Crippen LogP contribution >= 0.6 is 0 Å². The topological polar surface area (TPSA) is 6.48 Å². The monoisotopic (exact) mass is 294 g/mol. The molecule has 0 atom stereocenters. The molecule has 1 saturated heterocycles. The summed E-state index contributed by atoms with van der Waals surface area (Å²) in [6.07, 6.45) is 3.99. The van der Waals surface area contributed by atoms with Crippen molar-refractivity contribution in [3.63, 3.8) is 0 Å². The van der Waals surface area contributed by atoms with Crippen molar-refractivity contribution in [2.75, 3.05) is 19.8 Å². The second-order valence-electron chi connectivity index (χ2n) is 6.28. The molecule has 1 heterocycles. The quantitative estimate of drug-likeness (QED) is 0.836. The van der Waals surface area contributed by atoms with E-state index in [2.05, 4.69) is 70.5 Å². The molecule has 0 amide bonds. The zero-order valence-corrected chi connectivity index (χ0v) is 13.3. The van der Waals surface area contributed by atoms with Crippen molar-refractivity contribution in [1.82, 2.24) is 9.80 Å². The first kappa shape index (κ1) is 15.3. The summed E-state index contributed by atoms with van der Waals surface area (Å²) in [7, 11) is 0. The average Bonchev–Trinajstić information content (AvgIpc) is 2.54. The van der Waals surface area contributed by atoms with Crippen LogP contribution in [0.2, 0.25) is 0 Å². The lowest BCUT2D eigenvalue weighted by molar-refractivity contribution is 0.102. The van der Waals surface area contributed by atoms with E-state index >= 15 is 0 Å². The highest BCUT2D eigenvalue weighted by Gasteiger charge is 2.15. The van der Waals surface area contributed by atoms with Crippen molar-refractivity contribution in [2.24, 2.45) is 0 Å². The van der Waals surface area contributed by atoms with E-state index in [1.54, 1.807) is 0 Å². The molecule has 0 aliphatic carbocycles. The molecule has 3 rings (SSSR count). The number of benzene rings is 2. The first-order valence-electron chi connectivity index (χ1n) is 8.43. The molecule has 0 radical (unpaired) electrons. The van der Waals surface area contributed by atoms with Gasteiger partial charge in [-0.25, -0.2) is 0 Å². The molecule has 2 aromatic rings. The smallest absolute Gasteiger partial charge is 0.0512 e. The Bertz CT molecular complexity index is 489. The van der Waals surface area contributed by atoms with Crippen LogP contribution in [-0.2, 0) is 13.1 Å². The Morgan fingerprint density at radius 1 is 0.591 bits per heavy atom. The molecule has 0 bridgehead atoms. The zero-order valence-electron chi connectivity index (χ0n) is 13.3. The summed E-state index contributed by atoms with van der Waals surface area (Å²) in [5.41, 5.74) is 2.84. The van der Waals surface area contributed by atoms with Gasteiger partial charge in [0.25, 0.3) is 0 Å². The van der Waals surface area contributed by atoms with E-state index in [0.29, 0.717) is 0 Å². The fraction of sp³-hybridized carbons (Fsp3) is 0.400. The first-order valence-corrected chi connectivity index (χ1v) is 8.43. The Hall–Kier alpha value is -1.64. The maximum Gasteiger partial charge on any atom is 0.0512 e. The summed E-state index contributed by atoms with van der Waals surface area (Å²) in [4.78, 5) is 5.19. The Balaban J connectivity index is 1.62. The summed E-state index contributed by atoms with van der Waals surface area (Å²) >= 11 is 0. The predicted octanol–water partition coefficient (Wildman–Crippen LogP) is 4.13. The number of rotatable bonds is 4. The van der Waals surface area contributed by atoms with Crippen LogP contribution in [0.1, 0.15) is 30.4 Å². The van der Waals surface area contributed by atoms with Crippen LogP contribution in [0.3, 0.4) is 0 Å². The van der Waals surface area contributed by atoms with E-state index in [0.717, 1.165) is 19.8 Å². The highest BCUT2D eigenvalue weighted by molar-refractivity contribution is 5.15. The van der Waals surface area contributed by atoms with Gasteiger partial charge in [0.05, 0.1) is 6.67 Å². The molecule has 22 heavy (non-hydrogen) atoms. The van der Waals surface area contributed by atoms with Gasteiger partial charge in [-0.1, -0.05) is 67.1 Å². The number of hydrogen-bond donors (Lipinski definition) is 0. The van der Waals surface area contributed by atoms with E-state index < -0.39 is 0 Å². The standard InChI is InChI=1S/C20H26N2/c1-4-10-19(11-5-1)16-21-14-8-3-9-15-22(18-21)17-20-12-6-2-7-13-20/h1-2,4-7,10-13H,3,8-9,14-18H2. The van der Waals surface area contributed by atoms with Crippen LogP contribution < -0.4 is 0 Å². The highest BCUT2D eigenvalue weighted by atomic mass is 15.3. The van der Waals surface area contributed by atoms with Crippen molar-refractivity contribution in [1.29, 1.82) is 0 Å². The first-order chi connectivity index (χ1) is 10.9. The molecule has 2 nitrogen and oxygen atoms in total. The molecular weight excluding hydrogens is 268 g/mol. The zero-order chi connectivity index (χ0) is 15.0.